The highest BCUT2D eigenvalue weighted by atomic mass is 19.1. The predicted octanol–water partition coefficient (Wildman–Crippen LogP) is 2.12. The van der Waals surface area contributed by atoms with Crippen molar-refractivity contribution in [2.45, 2.75) is 19.4 Å². The molecule has 1 N–H and O–H groups in total. The van der Waals surface area contributed by atoms with Gasteiger partial charge in [-0.2, -0.15) is 0 Å². The fourth-order valence-electron chi connectivity index (χ4n) is 2.31. The summed E-state index contributed by atoms with van der Waals surface area (Å²) >= 11 is 0. The van der Waals surface area contributed by atoms with Gasteiger partial charge in [0.25, 0.3) is 0 Å². The minimum atomic E-state index is -0.506. The second-order valence-corrected chi connectivity index (χ2v) is 4.79. The molecule has 0 aliphatic carbocycles. The van der Waals surface area contributed by atoms with Crippen LogP contribution in [-0.2, 0) is 14.3 Å². The van der Waals surface area contributed by atoms with Crippen molar-refractivity contribution in [2.24, 2.45) is 5.92 Å². The van der Waals surface area contributed by atoms with Crippen molar-refractivity contribution in [3.05, 3.63) is 29.6 Å². The molecule has 1 aliphatic heterocycles. The van der Waals surface area contributed by atoms with E-state index >= 15 is 0 Å². The molecular formula is C14H18FNO3. The third-order valence-corrected chi connectivity index (χ3v) is 3.26. The summed E-state index contributed by atoms with van der Waals surface area (Å²) in [4.78, 5) is 11.8. The predicted molar refractivity (Wildman–Crippen MR) is 69.5 cm³/mol. The number of ether oxygens (including phenoxy) is 2. The van der Waals surface area contributed by atoms with Gasteiger partial charge in [0.15, 0.2) is 0 Å². The second-order valence-electron chi connectivity index (χ2n) is 4.79. The molecule has 0 spiro atoms. The number of esters is 1. The molecule has 1 heterocycles. The van der Waals surface area contributed by atoms with Gasteiger partial charge in [0.1, 0.15) is 11.9 Å². The first-order chi connectivity index (χ1) is 9.10. The highest BCUT2D eigenvalue weighted by molar-refractivity contribution is 5.79. The van der Waals surface area contributed by atoms with Crippen LogP contribution in [0.1, 0.15) is 12.0 Å². The Labute approximate surface area is 111 Å². The third-order valence-electron chi connectivity index (χ3n) is 3.26. The molecule has 5 heteroatoms. The van der Waals surface area contributed by atoms with Crippen LogP contribution in [0, 0.1) is 18.7 Å². The number of benzene rings is 1. The molecule has 0 saturated carbocycles. The molecule has 1 aromatic carbocycles. The average molecular weight is 267 g/mol. The molecule has 4 nitrogen and oxygen atoms in total. The minimum Gasteiger partial charge on any atom is -0.467 e. The van der Waals surface area contributed by atoms with Gasteiger partial charge in [-0.1, -0.05) is 0 Å². The summed E-state index contributed by atoms with van der Waals surface area (Å²) in [6.07, 6.45) is 0.793. The Bertz CT molecular complexity index is 438. The minimum absolute atomic E-state index is 0.0519. The van der Waals surface area contributed by atoms with E-state index < -0.39 is 6.04 Å². The van der Waals surface area contributed by atoms with E-state index in [9.17, 15) is 9.18 Å². The van der Waals surface area contributed by atoms with E-state index in [1.807, 2.05) is 0 Å². The van der Waals surface area contributed by atoms with Gasteiger partial charge in [-0.05, 0) is 37.1 Å². The average Bonchev–Trinajstić information content (AvgIpc) is 2.87. The van der Waals surface area contributed by atoms with Crippen LogP contribution in [0.2, 0.25) is 0 Å². The van der Waals surface area contributed by atoms with Crippen LogP contribution in [0.3, 0.4) is 0 Å². The van der Waals surface area contributed by atoms with Gasteiger partial charge in [0, 0.05) is 18.2 Å². The number of methoxy groups -OCH3 is 1. The first kappa shape index (κ1) is 13.8. The molecule has 1 aliphatic rings. The van der Waals surface area contributed by atoms with Crippen molar-refractivity contribution in [3.8, 4) is 0 Å². The summed E-state index contributed by atoms with van der Waals surface area (Å²) in [5.74, 6) is -0.623. The standard InChI is InChI=1S/C14H18FNO3/c1-9-5-11(15)7-12(6-9)16-13(14(17)18-2)10-3-4-19-8-10/h5-7,10,13,16H,3-4,8H2,1-2H3. The summed E-state index contributed by atoms with van der Waals surface area (Å²) in [7, 11) is 1.35. The molecule has 2 rings (SSSR count). The number of carbonyl (C=O) groups is 1. The lowest BCUT2D eigenvalue weighted by atomic mass is 9.98. The summed E-state index contributed by atoms with van der Waals surface area (Å²) in [6, 6.07) is 4.11. The number of halogens is 1. The van der Waals surface area contributed by atoms with Crippen LogP contribution in [-0.4, -0.2) is 32.3 Å². The molecule has 1 saturated heterocycles. The van der Waals surface area contributed by atoms with Crippen LogP contribution < -0.4 is 5.32 Å². The van der Waals surface area contributed by atoms with E-state index in [1.54, 1.807) is 13.0 Å². The van der Waals surface area contributed by atoms with Crippen LogP contribution in [0.4, 0.5) is 10.1 Å². The Hall–Kier alpha value is -1.62. The van der Waals surface area contributed by atoms with Gasteiger partial charge in [-0.25, -0.2) is 9.18 Å². The maximum atomic E-state index is 13.4. The first-order valence-corrected chi connectivity index (χ1v) is 6.29. The topological polar surface area (TPSA) is 47.6 Å². The monoisotopic (exact) mass is 267 g/mol. The quantitative estimate of drug-likeness (QED) is 0.849. The Kier molecular flexibility index (Phi) is 4.37. The molecule has 1 aromatic rings. The van der Waals surface area contributed by atoms with E-state index in [4.69, 9.17) is 9.47 Å². The highest BCUT2D eigenvalue weighted by Crippen LogP contribution is 2.22. The van der Waals surface area contributed by atoms with Crippen molar-refractivity contribution in [1.82, 2.24) is 0 Å². The number of rotatable bonds is 4. The van der Waals surface area contributed by atoms with Crippen molar-refractivity contribution >= 4 is 11.7 Å². The van der Waals surface area contributed by atoms with Crippen LogP contribution >= 0.6 is 0 Å². The lowest BCUT2D eigenvalue weighted by molar-refractivity contribution is -0.142. The molecular weight excluding hydrogens is 249 g/mol. The number of carbonyl (C=O) groups excluding carboxylic acids is 1. The lowest BCUT2D eigenvalue weighted by Gasteiger charge is -2.22. The molecule has 0 bridgehead atoms. The largest absolute Gasteiger partial charge is 0.467 e. The highest BCUT2D eigenvalue weighted by Gasteiger charge is 2.32. The van der Waals surface area contributed by atoms with Crippen LogP contribution in [0.15, 0.2) is 18.2 Å². The van der Waals surface area contributed by atoms with Crippen molar-refractivity contribution in [3.63, 3.8) is 0 Å². The van der Waals surface area contributed by atoms with Crippen molar-refractivity contribution in [2.75, 3.05) is 25.6 Å². The summed E-state index contributed by atoms with van der Waals surface area (Å²) < 4.78 is 23.5. The lowest BCUT2D eigenvalue weighted by Crippen LogP contribution is -2.38. The maximum Gasteiger partial charge on any atom is 0.328 e. The second kappa shape index (κ2) is 6.02. The van der Waals surface area contributed by atoms with Gasteiger partial charge in [0.2, 0.25) is 0 Å². The van der Waals surface area contributed by atoms with Gasteiger partial charge in [-0.15, -0.1) is 0 Å². The summed E-state index contributed by atoms with van der Waals surface area (Å²) in [5, 5.41) is 3.06. The SMILES string of the molecule is COC(=O)C(Nc1cc(C)cc(F)c1)C1CCOC1. The number of anilines is 1. The van der Waals surface area contributed by atoms with E-state index in [2.05, 4.69) is 5.32 Å². The van der Waals surface area contributed by atoms with E-state index in [0.717, 1.165) is 12.0 Å². The molecule has 104 valence electrons. The number of hydrogen-bond acceptors (Lipinski definition) is 4. The Morgan fingerprint density at radius 2 is 2.32 bits per heavy atom. The molecule has 0 amide bonds. The molecule has 19 heavy (non-hydrogen) atoms. The number of aryl methyl sites for hydroxylation is 1. The fourth-order valence-corrected chi connectivity index (χ4v) is 2.31. The summed E-state index contributed by atoms with van der Waals surface area (Å²) in [5.41, 5.74) is 1.38. The molecule has 0 radical (unpaired) electrons. The Balaban J connectivity index is 2.16. The van der Waals surface area contributed by atoms with Crippen LogP contribution in [0.25, 0.3) is 0 Å². The molecule has 1 fully saturated rings. The molecule has 0 aromatic heterocycles. The van der Waals surface area contributed by atoms with E-state index in [1.165, 1.54) is 19.2 Å². The fraction of sp³-hybridized carbons (Fsp3) is 0.500. The van der Waals surface area contributed by atoms with E-state index in [-0.39, 0.29) is 17.7 Å². The zero-order chi connectivity index (χ0) is 13.8. The van der Waals surface area contributed by atoms with Crippen molar-refractivity contribution in [1.29, 1.82) is 0 Å². The third kappa shape index (κ3) is 3.44. The van der Waals surface area contributed by atoms with E-state index in [0.29, 0.717) is 18.9 Å². The molecule has 2 atom stereocenters. The zero-order valence-corrected chi connectivity index (χ0v) is 11.1. The maximum absolute atomic E-state index is 13.4. The zero-order valence-electron chi connectivity index (χ0n) is 11.1. The van der Waals surface area contributed by atoms with Crippen molar-refractivity contribution < 1.29 is 18.7 Å². The smallest absolute Gasteiger partial charge is 0.328 e. The normalized spacial score (nSPS) is 20.1. The number of nitrogens with one attached hydrogen (secondary N) is 1. The number of hydrogen-bond donors (Lipinski definition) is 1. The Morgan fingerprint density at radius 3 is 2.89 bits per heavy atom. The summed E-state index contributed by atoms with van der Waals surface area (Å²) in [6.45, 7) is 2.96. The van der Waals surface area contributed by atoms with Gasteiger partial charge in [0.05, 0.1) is 13.7 Å². The first-order valence-electron chi connectivity index (χ1n) is 6.29. The Morgan fingerprint density at radius 1 is 1.53 bits per heavy atom. The molecule has 2 unspecified atom stereocenters. The van der Waals surface area contributed by atoms with Gasteiger partial charge < -0.3 is 14.8 Å². The van der Waals surface area contributed by atoms with Gasteiger partial charge >= 0.3 is 5.97 Å². The van der Waals surface area contributed by atoms with Gasteiger partial charge in [-0.3, -0.25) is 0 Å². The van der Waals surface area contributed by atoms with Crippen LogP contribution in [0.5, 0.6) is 0 Å².